The Kier molecular flexibility index (Phi) is 6.58. The summed E-state index contributed by atoms with van der Waals surface area (Å²) in [4.78, 5) is 37.3. The molecule has 1 amide bonds. The van der Waals surface area contributed by atoms with Gasteiger partial charge in [0.1, 0.15) is 11.4 Å². The molecule has 2 aromatic heterocycles. The molecule has 0 saturated heterocycles. The number of aromatic nitrogens is 3. The lowest BCUT2D eigenvalue weighted by atomic mass is 10.2. The number of aryl methyl sites for hydroxylation is 1. The number of thioether (sulfide) groups is 1. The number of benzene rings is 1. The van der Waals surface area contributed by atoms with Crippen LogP contribution in [-0.4, -0.2) is 38.7 Å². The third kappa shape index (κ3) is 4.85. The molecule has 28 heavy (non-hydrogen) atoms. The number of thiazole rings is 1. The highest BCUT2D eigenvalue weighted by Gasteiger charge is 2.20. The van der Waals surface area contributed by atoms with Crippen molar-refractivity contribution in [3.8, 4) is 0 Å². The first-order valence-corrected chi connectivity index (χ1v) is 10.5. The number of fused-ring (bicyclic) bond motifs is 1. The molecule has 1 unspecified atom stereocenters. The number of rotatable bonds is 7. The molecule has 2 heterocycles. The molecule has 1 N–H and O–H groups in total. The second-order valence-electron chi connectivity index (χ2n) is 5.92. The molecule has 0 radical (unpaired) electrons. The monoisotopic (exact) mass is 416 g/mol. The molecular formula is C19H20N4O3S2. The van der Waals surface area contributed by atoms with E-state index in [9.17, 15) is 9.59 Å². The summed E-state index contributed by atoms with van der Waals surface area (Å²) in [5.41, 5.74) is 2.05. The third-order valence-electron chi connectivity index (χ3n) is 3.83. The number of esters is 1. The summed E-state index contributed by atoms with van der Waals surface area (Å²) in [5.74, 6) is -0.501. The Morgan fingerprint density at radius 1 is 1.25 bits per heavy atom. The van der Waals surface area contributed by atoms with Gasteiger partial charge < -0.3 is 10.1 Å². The highest BCUT2D eigenvalue weighted by atomic mass is 32.2. The Morgan fingerprint density at radius 3 is 2.79 bits per heavy atom. The molecule has 7 nitrogen and oxygen atoms in total. The second kappa shape index (κ2) is 9.11. The number of ether oxygens (including phenoxy) is 1. The molecule has 3 aromatic rings. The van der Waals surface area contributed by atoms with Crippen LogP contribution in [0.5, 0.6) is 0 Å². The lowest BCUT2D eigenvalue weighted by molar-refractivity contribution is -0.115. The molecule has 0 aliphatic heterocycles. The van der Waals surface area contributed by atoms with Crippen molar-refractivity contribution in [3.05, 3.63) is 41.9 Å². The minimum atomic E-state index is -0.369. The van der Waals surface area contributed by atoms with Crippen molar-refractivity contribution in [2.45, 2.75) is 37.5 Å². The third-order valence-corrected chi connectivity index (χ3v) is 6.06. The van der Waals surface area contributed by atoms with Gasteiger partial charge in [-0.3, -0.25) is 4.79 Å². The summed E-state index contributed by atoms with van der Waals surface area (Å²) in [6.45, 7) is 5.93. The Morgan fingerprint density at radius 2 is 2.07 bits per heavy atom. The highest BCUT2D eigenvalue weighted by Crippen LogP contribution is 2.29. The summed E-state index contributed by atoms with van der Waals surface area (Å²) >= 11 is 2.73. The number of amides is 1. The molecule has 0 saturated carbocycles. The Bertz CT molecular complexity index is 1010. The van der Waals surface area contributed by atoms with Crippen LogP contribution >= 0.6 is 23.1 Å². The van der Waals surface area contributed by atoms with E-state index in [1.807, 2.05) is 19.9 Å². The van der Waals surface area contributed by atoms with Crippen LogP contribution in [-0.2, 0) is 9.53 Å². The number of hydrogen-bond donors (Lipinski definition) is 1. The van der Waals surface area contributed by atoms with Crippen LogP contribution in [0, 0.1) is 6.92 Å². The molecular weight excluding hydrogens is 396 g/mol. The maximum absolute atomic E-state index is 12.7. The van der Waals surface area contributed by atoms with Gasteiger partial charge in [-0.15, -0.1) is 0 Å². The molecule has 0 bridgehead atoms. The van der Waals surface area contributed by atoms with E-state index >= 15 is 0 Å². The molecule has 1 aromatic carbocycles. The summed E-state index contributed by atoms with van der Waals surface area (Å²) in [6, 6.07) is 7.02. The molecule has 0 aliphatic carbocycles. The zero-order valence-electron chi connectivity index (χ0n) is 15.8. The minimum Gasteiger partial charge on any atom is -0.462 e. The number of nitrogens with zero attached hydrogens (tertiary/aromatic N) is 3. The van der Waals surface area contributed by atoms with Gasteiger partial charge in [-0.1, -0.05) is 30.0 Å². The Labute approximate surface area is 170 Å². The van der Waals surface area contributed by atoms with Crippen LogP contribution in [0.3, 0.4) is 0 Å². The molecule has 0 spiro atoms. The van der Waals surface area contributed by atoms with Crippen LogP contribution in [0.4, 0.5) is 5.13 Å². The lowest BCUT2D eigenvalue weighted by Crippen LogP contribution is -2.24. The maximum Gasteiger partial charge on any atom is 0.338 e. The number of nitrogens with one attached hydrogen (secondary N) is 1. The molecule has 3 rings (SSSR count). The van der Waals surface area contributed by atoms with Gasteiger partial charge >= 0.3 is 5.97 Å². The summed E-state index contributed by atoms with van der Waals surface area (Å²) in [5, 5.41) is 3.85. The van der Waals surface area contributed by atoms with Crippen LogP contribution in [0.25, 0.3) is 10.2 Å². The quantitative estimate of drug-likeness (QED) is 0.352. The van der Waals surface area contributed by atoms with Crippen molar-refractivity contribution >= 4 is 50.3 Å². The topological polar surface area (TPSA) is 94.1 Å². The first-order valence-electron chi connectivity index (χ1n) is 8.84. The van der Waals surface area contributed by atoms with Gasteiger partial charge in [-0.25, -0.2) is 19.7 Å². The van der Waals surface area contributed by atoms with E-state index in [0.717, 1.165) is 20.9 Å². The van der Waals surface area contributed by atoms with Crippen LogP contribution in [0.2, 0.25) is 0 Å². The summed E-state index contributed by atoms with van der Waals surface area (Å²) < 4.78 is 5.83. The standard InChI is InChI=1S/C19H20N4O3S2/c1-4-14(27-16-8-11(3)20-10-21-16)17(24)23-19-22-13-7-6-12(9-15(13)28-19)18(25)26-5-2/h6-10,14H,4-5H2,1-3H3,(H,22,23,24). The molecule has 146 valence electrons. The average molecular weight is 417 g/mol. The maximum atomic E-state index is 12.7. The smallest absolute Gasteiger partial charge is 0.338 e. The van der Waals surface area contributed by atoms with E-state index in [4.69, 9.17) is 4.74 Å². The predicted molar refractivity (Wildman–Crippen MR) is 111 cm³/mol. The van der Waals surface area contributed by atoms with E-state index in [-0.39, 0.29) is 17.1 Å². The normalized spacial score (nSPS) is 12.0. The molecule has 0 aliphatic rings. The van der Waals surface area contributed by atoms with Gasteiger partial charge in [0.05, 0.1) is 27.6 Å². The van der Waals surface area contributed by atoms with Crippen molar-refractivity contribution in [2.75, 3.05) is 11.9 Å². The van der Waals surface area contributed by atoms with Gasteiger partial charge in [0.15, 0.2) is 5.13 Å². The molecule has 0 fully saturated rings. The second-order valence-corrected chi connectivity index (χ2v) is 8.18. The van der Waals surface area contributed by atoms with Crippen molar-refractivity contribution in [3.63, 3.8) is 0 Å². The Balaban J connectivity index is 1.73. The first-order chi connectivity index (χ1) is 13.5. The van der Waals surface area contributed by atoms with E-state index in [1.165, 1.54) is 29.4 Å². The molecule has 9 heteroatoms. The van der Waals surface area contributed by atoms with Crippen LogP contribution in [0.15, 0.2) is 35.6 Å². The zero-order valence-corrected chi connectivity index (χ0v) is 17.4. The predicted octanol–water partition coefficient (Wildman–Crippen LogP) is 4.08. The first kappa shape index (κ1) is 20.2. The Hall–Kier alpha value is -2.52. The van der Waals surface area contributed by atoms with E-state index in [2.05, 4.69) is 20.3 Å². The summed E-state index contributed by atoms with van der Waals surface area (Å²) in [6.07, 6.45) is 2.15. The highest BCUT2D eigenvalue weighted by molar-refractivity contribution is 8.00. The van der Waals surface area contributed by atoms with Crippen molar-refractivity contribution < 1.29 is 14.3 Å². The van der Waals surface area contributed by atoms with E-state index < -0.39 is 0 Å². The fraction of sp³-hybridized carbons (Fsp3) is 0.316. The minimum absolute atomic E-state index is 0.131. The fourth-order valence-corrected chi connectivity index (χ4v) is 4.35. The number of hydrogen-bond acceptors (Lipinski definition) is 8. The van der Waals surface area contributed by atoms with Crippen molar-refractivity contribution in [1.82, 2.24) is 15.0 Å². The zero-order chi connectivity index (χ0) is 20.1. The number of anilines is 1. The van der Waals surface area contributed by atoms with Gasteiger partial charge in [0.2, 0.25) is 5.91 Å². The van der Waals surface area contributed by atoms with Gasteiger partial charge in [0, 0.05) is 5.69 Å². The largest absolute Gasteiger partial charge is 0.462 e. The lowest BCUT2D eigenvalue weighted by Gasteiger charge is -2.12. The van der Waals surface area contributed by atoms with Gasteiger partial charge in [-0.05, 0) is 44.5 Å². The average Bonchev–Trinajstić information content (AvgIpc) is 3.07. The van der Waals surface area contributed by atoms with Crippen LogP contribution < -0.4 is 5.32 Å². The van der Waals surface area contributed by atoms with E-state index in [0.29, 0.717) is 23.7 Å². The van der Waals surface area contributed by atoms with Gasteiger partial charge in [-0.2, -0.15) is 0 Å². The summed E-state index contributed by atoms with van der Waals surface area (Å²) in [7, 11) is 0. The number of carbonyl (C=O) groups is 2. The van der Waals surface area contributed by atoms with Crippen molar-refractivity contribution in [2.24, 2.45) is 0 Å². The van der Waals surface area contributed by atoms with E-state index in [1.54, 1.807) is 25.1 Å². The fourth-order valence-electron chi connectivity index (χ4n) is 2.47. The van der Waals surface area contributed by atoms with Crippen LogP contribution in [0.1, 0.15) is 36.3 Å². The molecule has 1 atom stereocenters. The van der Waals surface area contributed by atoms with Crippen molar-refractivity contribution in [1.29, 1.82) is 0 Å². The number of carbonyl (C=O) groups excluding carboxylic acids is 2. The van der Waals surface area contributed by atoms with Gasteiger partial charge in [0.25, 0.3) is 0 Å². The SMILES string of the molecule is CCOC(=O)c1ccc2nc(NC(=O)C(CC)Sc3cc(C)ncn3)sc2c1.